The lowest BCUT2D eigenvalue weighted by molar-refractivity contribution is -0.128. The van der Waals surface area contributed by atoms with Crippen molar-refractivity contribution in [1.29, 1.82) is 0 Å². The Morgan fingerprint density at radius 3 is 2.50 bits per heavy atom. The van der Waals surface area contributed by atoms with E-state index in [1.807, 2.05) is 0 Å². The largest absolute Gasteiger partial charge is 0.379 e. The number of hydrogen-bond donors (Lipinski definition) is 2. The standard InChI is InChI=1S/C7H14N2O3/c1-5(12-3)6(9-4-10)7(11)8-2/h4-6H,1-3H3,(H,8,11)(H,9,10). The molecule has 5 heteroatoms. The van der Waals surface area contributed by atoms with Crippen LogP contribution in [0.15, 0.2) is 0 Å². The van der Waals surface area contributed by atoms with Gasteiger partial charge in [0, 0.05) is 14.2 Å². The molecular weight excluding hydrogens is 160 g/mol. The predicted molar refractivity (Wildman–Crippen MR) is 43.5 cm³/mol. The normalized spacial score (nSPS) is 14.6. The topological polar surface area (TPSA) is 67.4 Å². The molecule has 0 radical (unpaired) electrons. The summed E-state index contributed by atoms with van der Waals surface area (Å²) < 4.78 is 4.91. The maximum absolute atomic E-state index is 11.1. The van der Waals surface area contributed by atoms with Crippen LogP contribution in [0.5, 0.6) is 0 Å². The Labute approximate surface area is 71.5 Å². The highest BCUT2D eigenvalue weighted by molar-refractivity contribution is 5.83. The maximum Gasteiger partial charge on any atom is 0.245 e. The summed E-state index contributed by atoms with van der Waals surface area (Å²) in [6, 6.07) is -0.627. The average molecular weight is 174 g/mol. The van der Waals surface area contributed by atoms with E-state index in [0.29, 0.717) is 6.41 Å². The van der Waals surface area contributed by atoms with Crippen molar-refractivity contribution >= 4 is 12.3 Å². The minimum Gasteiger partial charge on any atom is -0.379 e. The van der Waals surface area contributed by atoms with E-state index >= 15 is 0 Å². The van der Waals surface area contributed by atoms with Gasteiger partial charge in [-0.15, -0.1) is 0 Å². The van der Waals surface area contributed by atoms with Gasteiger partial charge in [0.15, 0.2) is 0 Å². The van der Waals surface area contributed by atoms with Crippen LogP contribution in [-0.2, 0) is 14.3 Å². The van der Waals surface area contributed by atoms with Crippen molar-refractivity contribution in [3.05, 3.63) is 0 Å². The third-order valence-electron chi connectivity index (χ3n) is 1.62. The summed E-state index contributed by atoms with van der Waals surface area (Å²) in [6.45, 7) is 1.70. The highest BCUT2D eigenvalue weighted by Gasteiger charge is 2.22. The number of nitrogens with one attached hydrogen (secondary N) is 2. The van der Waals surface area contributed by atoms with Gasteiger partial charge in [0.1, 0.15) is 6.04 Å². The van der Waals surface area contributed by atoms with Gasteiger partial charge in [-0.3, -0.25) is 9.59 Å². The summed E-state index contributed by atoms with van der Waals surface area (Å²) in [5.41, 5.74) is 0. The molecule has 0 fully saturated rings. The zero-order chi connectivity index (χ0) is 9.56. The van der Waals surface area contributed by atoms with Crippen molar-refractivity contribution in [2.75, 3.05) is 14.2 Å². The average Bonchev–Trinajstić information content (AvgIpc) is 2.11. The van der Waals surface area contributed by atoms with Crippen LogP contribution in [0.4, 0.5) is 0 Å². The maximum atomic E-state index is 11.1. The van der Waals surface area contributed by atoms with Gasteiger partial charge in [-0.05, 0) is 6.92 Å². The zero-order valence-electron chi connectivity index (χ0n) is 7.46. The Hall–Kier alpha value is -1.10. The number of rotatable bonds is 5. The van der Waals surface area contributed by atoms with E-state index < -0.39 is 6.04 Å². The van der Waals surface area contributed by atoms with Gasteiger partial charge in [0.25, 0.3) is 0 Å². The Kier molecular flexibility index (Phi) is 5.03. The number of hydrogen-bond acceptors (Lipinski definition) is 3. The van der Waals surface area contributed by atoms with Crippen LogP contribution < -0.4 is 10.6 Å². The van der Waals surface area contributed by atoms with E-state index in [9.17, 15) is 9.59 Å². The van der Waals surface area contributed by atoms with Crippen LogP contribution in [0.1, 0.15) is 6.92 Å². The lowest BCUT2D eigenvalue weighted by Gasteiger charge is -2.19. The zero-order valence-corrected chi connectivity index (χ0v) is 7.46. The molecule has 0 aromatic carbocycles. The summed E-state index contributed by atoms with van der Waals surface area (Å²) in [7, 11) is 2.98. The van der Waals surface area contributed by atoms with Crippen LogP contribution in [0.2, 0.25) is 0 Å². The fourth-order valence-corrected chi connectivity index (χ4v) is 0.789. The summed E-state index contributed by atoms with van der Waals surface area (Å²) in [5.74, 6) is -0.267. The Morgan fingerprint density at radius 1 is 1.58 bits per heavy atom. The number of ether oxygens (including phenoxy) is 1. The van der Waals surface area contributed by atoms with Crippen molar-refractivity contribution in [1.82, 2.24) is 10.6 Å². The molecule has 2 atom stereocenters. The summed E-state index contributed by atoms with van der Waals surface area (Å²) in [4.78, 5) is 21.2. The van der Waals surface area contributed by atoms with Crippen LogP contribution >= 0.6 is 0 Å². The van der Waals surface area contributed by atoms with Gasteiger partial charge in [0.2, 0.25) is 12.3 Å². The van der Waals surface area contributed by atoms with E-state index in [-0.39, 0.29) is 12.0 Å². The Bertz CT molecular complexity index is 161. The third-order valence-corrected chi connectivity index (χ3v) is 1.62. The van der Waals surface area contributed by atoms with E-state index in [2.05, 4.69) is 10.6 Å². The number of methoxy groups -OCH3 is 1. The molecule has 0 saturated carbocycles. The molecule has 2 N–H and O–H groups in total. The van der Waals surface area contributed by atoms with Crippen LogP contribution in [0, 0.1) is 0 Å². The molecule has 0 aliphatic heterocycles. The summed E-state index contributed by atoms with van der Waals surface area (Å²) in [5, 5.41) is 4.79. The van der Waals surface area contributed by atoms with E-state index in [0.717, 1.165) is 0 Å². The van der Waals surface area contributed by atoms with Gasteiger partial charge in [0.05, 0.1) is 6.10 Å². The molecule has 0 rings (SSSR count). The molecule has 0 bridgehead atoms. The van der Waals surface area contributed by atoms with Gasteiger partial charge in [-0.25, -0.2) is 0 Å². The first-order chi connectivity index (χ1) is 5.67. The fourth-order valence-electron chi connectivity index (χ4n) is 0.789. The van der Waals surface area contributed by atoms with Crippen molar-refractivity contribution in [2.24, 2.45) is 0 Å². The van der Waals surface area contributed by atoms with Crippen molar-refractivity contribution in [3.63, 3.8) is 0 Å². The predicted octanol–water partition coefficient (Wildman–Crippen LogP) is -1.12. The van der Waals surface area contributed by atoms with Gasteiger partial charge >= 0.3 is 0 Å². The second-order valence-electron chi connectivity index (χ2n) is 2.32. The van der Waals surface area contributed by atoms with Crippen LogP contribution in [0.25, 0.3) is 0 Å². The first-order valence-electron chi connectivity index (χ1n) is 3.61. The molecule has 0 saturated heterocycles. The molecule has 0 aliphatic carbocycles. The first-order valence-corrected chi connectivity index (χ1v) is 3.61. The molecule has 12 heavy (non-hydrogen) atoms. The van der Waals surface area contributed by atoms with E-state index in [4.69, 9.17) is 4.74 Å². The second kappa shape index (κ2) is 5.54. The van der Waals surface area contributed by atoms with Crippen LogP contribution in [-0.4, -0.2) is 38.6 Å². The van der Waals surface area contributed by atoms with Crippen molar-refractivity contribution in [2.45, 2.75) is 19.1 Å². The number of carbonyl (C=O) groups is 2. The lowest BCUT2D eigenvalue weighted by atomic mass is 10.2. The minimum absolute atomic E-state index is 0.267. The fraction of sp³-hybridized carbons (Fsp3) is 0.714. The minimum atomic E-state index is -0.627. The molecule has 0 aliphatic rings. The molecule has 70 valence electrons. The molecule has 0 aromatic heterocycles. The highest BCUT2D eigenvalue weighted by atomic mass is 16.5. The highest BCUT2D eigenvalue weighted by Crippen LogP contribution is 1.96. The SMILES string of the molecule is CNC(=O)C(NC=O)C(C)OC. The monoisotopic (exact) mass is 174 g/mol. The third kappa shape index (κ3) is 2.87. The molecular formula is C7H14N2O3. The summed E-state index contributed by atoms with van der Waals surface area (Å²) >= 11 is 0. The second-order valence-corrected chi connectivity index (χ2v) is 2.32. The quantitative estimate of drug-likeness (QED) is 0.519. The van der Waals surface area contributed by atoms with E-state index in [1.54, 1.807) is 6.92 Å². The molecule has 0 heterocycles. The molecule has 5 nitrogen and oxygen atoms in total. The Balaban J connectivity index is 4.20. The van der Waals surface area contributed by atoms with Crippen LogP contribution in [0.3, 0.4) is 0 Å². The molecule has 0 aromatic rings. The van der Waals surface area contributed by atoms with Crippen molar-refractivity contribution < 1.29 is 14.3 Å². The molecule has 2 amide bonds. The van der Waals surface area contributed by atoms with Gasteiger partial charge < -0.3 is 15.4 Å². The van der Waals surface area contributed by atoms with Gasteiger partial charge in [-0.1, -0.05) is 0 Å². The van der Waals surface area contributed by atoms with Crippen molar-refractivity contribution in [3.8, 4) is 0 Å². The van der Waals surface area contributed by atoms with Gasteiger partial charge in [-0.2, -0.15) is 0 Å². The van der Waals surface area contributed by atoms with E-state index in [1.165, 1.54) is 14.2 Å². The smallest absolute Gasteiger partial charge is 0.245 e. The number of likely N-dealkylation sites (N-methyl/N-ethyl adjacent to an activating group) is 1. The number of carbonyl (C=O) groups excluding carboxylic acids is 2. The molecule has 2 unspecified atom stereocenters. The summed E-state index contributed by atoms with van der Waals surface area (Å²) in [6.07, 6.45) is 0.144. The Morgan fingerprint density at radius 2 is 2.17 bits per heavy atom. The first kappa shape index (κ1) is 10.9. The number of amides is 2. The lowest BCUT2D eigenvalue weighted by Crippen LogP contribution is -2.49. The molecule has 0 spiro atoms.